The Hall–Kier alpha value is -3.93. The molecule has 0 atom stereocenters. The van der Waals surface area contributed by atoms with Crippen molar-refractivity contribution in [3.8, 4) is 5.75 Å². The van der Waals surface area contributed by atoms with Crippen LogP contribution in [-0.4, -0.2) is 26.0 Å². The van der Waals surface area contributed by atoms with Crippen LogP contribution in [0.4, 0.5) is 0 Å². The number of hydrogen-bond acceptors (Lipinski definition) is 5. The molecule has 2 aromatic carbocycles. The number of rotatable bonds is 5. The van der Waals surface area contributed by atoms with Gasteiger partial charge < -0.3 is 9.47 Å². The summed E-state index contributed by atoms with van der Waals surface area (Å²) in [4.78, 5) is 17.3. The first kappa shape index (κ1) is 20.0. The minimum atomic E-state index is -0.900. The second-order valence-corrected chi connectivity index (χ2v) is 8.38. The van der Waals surface area contributed by atoms with E-state index < -0.39 is 5.60 Å². The highest BCUT2D eigenvalue weighted by Crippen LogP contribution is 2.41. The molecule has 0 saturated carbocycles. The van der Waals surface area contributed by atoms with Gasteiger partial charge in [-0.15, -0.1) is 0 Å². The lowest BCUT2D eigenvalue weighted by Gasteiger charge is -2.17. The molecule has 6 nitrogen and oxygen atoms in total. The summed E-state index contributed by atoms with van der Waals surface area (Å²) in [6.45, 7) is 5.97. The quantitative estimate of drug-likeness (QED) is 0.457. The number of ketones is 1. The van der Waals surface area contributed by atoms with E-state index in [1.54, 1.807) is 30.8 Å². The van der Waals surface area contributed by atoms with Gasteiger partial charge in [0.25, 0.3) is 0 Å². The Morgan fingerprint density at radius 3 is 2.44 bits per heavy atom. The summed E-state index contributed by atoms with van der Waals surface area (Å²) in [5.41, 5.74) is 4.14. The zero-order valence-electron chi connectivity index (χ0n) is 18.2. The van der Waals surface area contributed by atoms with E-state index in [-0.39, 0.29) is 5.78 Å². The minimum absolute atomic E-state index is 0.0282. The molecule has 3 heterocycles. The molecular formula is C26H23N3O3. The van der Waals surface area contributed by atoms with Crippen molar-refractivity contribution in [2.24, 2.45) is 0 Å². The van der Waals surface area contributed by atoms with Crippen LogP contribution in [-0.2, 0) is 16.1 Å². The van der Waals surface area contributed by atoms with E-state index in [2.05, 4.69) is 10.1 Å². The summed E-state index contributed by atoms with van der Waals surface area (Å²) in [6.07, 6.45) is 3.51. The highest BCUT2D eigenvalue weighted by Gasteiger charge is 2.42. The fourth-order valence-corrected chi connectivity index (χ4v) is 3.73. The van der Waals surface area contributed by atoms with Crippen LogP contribution in [0.2, 0.25) is 0 Å². The summed E-state index contributed by atoms with van der Waals surface area (Å²) < 4.78 is 13.7. The molecule has 1 aliphatic rings. The summed E-state index contributed by atoms with van der Waals surface area (Å²) in [7, 11) is 0. The Bertz CT molecular complexity index is 1330. The number of aromatic nitrogens is 3. The first-order chi connectivity index (χ1) is 15.4. The van der Waals surface area contributed by atoms with Gasteiger partial charge in [-0.05, 0) is 50.6 Å². The van der Waals surface area contributed by atoms with E-state index in [1.165, 1.54) is 0 Å². The van der Waals surface area contributed by atoms with Crippen LogP contribution in [0.5, 0.6) is 5.75 Å². The number of carbonyl (C=O) groups is 1. The fraction of sp³-hybridized carbons (Fsp3) is 0.192. The van der Waals surface area contributed by atoms with Crippen molar-refractivity contribution in [3.63, 3.8) is 0 Å². The number of aryl methyl sites for hydroxylation is 1. The maximum Gasteiger partial charge on any atom is 0.210 e. The number of fused-ring (bicyclic) bond motifs is 1. The maximum atomic E-state index is 13.1. The summed E-state index contributed by atoms with van der Waals surface area (Å²) >= 11 is 0. The molecule has 5 rings (SSSR count). The third-order valence-corrected chi connectivity index (χ3v) is 5.51. The molecule has 1 aliphatic heterocycles. The van der Waals surface area contributed by atoms with Gasteiger partial charge in [-0.25, -0.2) is 9.50 Å². The molecule has 0 bridgehead atoms. The van der Waals surface area contributed by atoms with Crippen LogP contribution >= 0.6 is 0 Å². The Morgan fingerprint density at radius 1 is 0.969 bits per heavy atom. The zero-order valence-corrected chi connectivity index (χ0v) is 18.2. The first-order valence-electron chi connectivity index (χ1n) is 10.5. The molecule has 0 saturated heterocycles. The Labute approximate surface area is 186 Å². The normalized spacial score (nSPS) is 15.3. The molecule has 0 unspecified atom stereocenters. The zero-order chi connectivity index (χ0) is 22.3. The third kappa shape index (κ3) is 3.64. The second-order valence-electron chi connectivity index (χ2n) is 8.38. The van der Waals surface area contributed by atoms with Crippen molar-refractivity contribution in [1.82, 2.24) is 14.6 Å². The van der Waals surface area contributed by atoms with E-state index in [4.69, 9.17) is 9.47 Å². The van der Waals surface area contributed by atoms with Crippen LogP contribution in [0.15, 0.2) is 73.1 Å². The summed E-state index contributed by atoms with van der Waals surface area (Å²) in [6, 6.07) is 19.3. The van der Waals surface area contributed by atoms with Gasteiger partial charge in [-0.2, -0.15) is 5.10 Å². The van der Waals surface area contributed by atoms with Crippen molar-refractivity contribution in [3.05, 3.63) is 95.4 Å². The largest absolute Gasteiger partial charge is 0.487 e. The molecule has 0 radical (unpaired) electrons. The number of carbonyl (C=O) groups excluding carboxylic acids is 1. The van der Waals surface area contributed by atoms with E-state index in [0.717, 1.165) is 28.0 Å². The SMILES string of the molecule is Cc1ccc(C2=C(c3ccc(OCc4ccc5nccn5n4)cc3)C(=O)C(C)(C)O2)cc1. The van der Waals surface area contributed by atoms with Gasteiger partial charge in [0.15, 0.2) is 11.2 Å². The van der Waals surface area contributed by atoms with E-state index in [9.17, 15) is 4.79 Å². The number of nitrogens with zero attached hydrogens (tertiary/aromatic N) is 3. The summed E-state index contributed by atoms with van der Waals surface area (Å²) in [5.74, 6) is 1.29. The van der Waals surface area contributed by atoms with Crippen molar-refractivity contribution in [2.75, 3.05) is 0 Å². The maximum absolute atomic E-state index is 13.1. The van der Waals surface area contributed by atoms with Crippen molar-refractivity contribution in [1.29, 1.82) is 0 Å². The third-order valence-electron chi connectivity index (χ3n) is 5.51. The van der Waals surface area contributed by atoms with E-state index in [1.807, 2.05) is 67.6 Å². The number of benzene rings is 2. The predicted molar refractivity (Wildman–Crippen MR) is 122 cm³/mol. The highest BCUT2D eigenvalue weighted by atomic mass is 16.5. The standard InChI is InChI=1S/C26H23N3O3/c1-17-4-6-19(7-5-17)24-23(25(30)26(2,3)32-24)18-8-11-21(12-9-18)31-16-20-10-13-22-27-14-15-29(22)28-20/h4-15H,16H2,1-3H3. The van der Waals surface area contributed by atoms with Gasteiger partial charge in [0.05, 0.1) is 11.3 Å². The molecule has 0 amide bonds. The van der Waals surface area contributed by atoms with Crippen molar-refractivity contribution in [2.45, 2.75) is 33.0 Å². The molecule has 4 aromatic rings. The fourth-order valence-electron chi connectivity index (χ4n) is 3.73. The van der Waals surface area contributed by atoms with Crippen molar-refractivity contribution < 1.29 is 14.3 Å². The van der Waals surface area contributed by atoms with Gasteiger partial charge in [0, 0.05) is 18.0 Å². The monoisotopic (exact) mass is 425 g/mol. The molecule has 0 spiro atoms. The average Bonchev–Trinajstić information content (AvgIpc) is 3.35. The number of hydrogen-bond donors (Lipinski definition) is 0. The average molecular weight is 425 g/mol. The Balaban J connectivity index is 1.40. The van der Waals surface area contributed by atoms with E-state index >= 15 is 0 Å². The first-order valence-corrected chi connectivity index (χ1v) is 10.5. The van der Waals surface area contributed by atoms with Gasteiger partial charge in [-0.3, -0.25) is 4.79 Å². The molecule has 0 aliphatic carbocycles. The number of imidazole rings is 1. The van der Waals surface area contributed by atoms with Gasteiger partial charge in [0.1, 0.15) is 18.1 Å². The molecule has 6 heteroatoms. The minimum Gasteiger partial charge on any atom is -0.487 e. The van der Waals surface area contributed by atoms with Crippen LogP contribution in [0.1, 0.15) is 36.2 Å². The number of Topliss-reactive ketones (excluding diaryl/α,β-unsaturated/α-hetero) is 1. The van der Waals surface area contributed by atoms with Gasteiger partial charge in [-0.1, -0.05) is 42.0 Å². The van der Waals surface area contributed by atoms with Gasteiger partial charge in [0.2, 0.25) is 5.78 Å². The Morgan fingerprint density at radius 2 is 1.69 bits per heavy atom. The lowest BCUT2D eigenvalue weighted by molar-refractivity contribution is -0.125. The smallest absolute Gasteiger partial charge is 0.210 e. The lowest BCUT2D eigenvalue weighted by Crippen LogP contribution is -2.29. The summed E-state index contributed by atoms with van der Waals surface area (Å²) in [5, 5.41) is 4.47. The van der Waals surface area contributed by atoms with Crippen LogP contribution in [0.25, 0.3) is 17.0 Å². The molecule has 32 heavy (non-hydrogen) atoms. The highest BCUT2D eigenvalue weighted by molar-refractivity contribution is 6.32. The lowest BCUT2D eigenvalue weighted by atomic mass is 9.92. The Kier molecular flexibility index (Phi) is 4.78. The molecular weight excluding hydrogens is 402 g/mol. The second kappa shape index (κ2) is 7.64. The van der Waals surface area contributed by atoms with Crippen LogP contribution in [0.3, 0.4) is 0 Å². The number of ether oxygens (including phenoxy) is 2. The molecule has 0 N–H and O–H groups in total. The van der Waals surface area contributed by atoms with Crippen LogP contribution < -0.4 is 4.74 Å². The predicted octanol–water partition coefficient (Wildman–Crippen LogP) is 4.86. The molecule has 160 valence electrons. The van der Waals surface area contributed by atoms with Gasteiger partial charge >= 0.3 is 0 Å². The molecule has 2 aromatic heterocycles. The molecule has 0 fully saturated rings. The topological polar surface area (TPSA) is 65.7 Å². The van der Waals surface area contributed by atoms with E-state index in [0.29, 0.717) is 23.7 Å². The van der Waals surface area contributed by atoms with Crippen molar-refractivity contribution >= 4 is 22.8 Å². The van der Waals surface area contributed by atoms with Crippen LogP contribution in [0, 0.1) is 6.92 Å².